The van der Waals surface area contributed by atoms with Gasteiger partial charge in [0, 0.05) is 33.0 Å². The Morgan fingerprint density at radius 2 is 1.12 bits per heavy atom. The molecule has 0 radical (unpaired) electrons. The molecule has 0 fully saturated rings. The van der Waals surface area contributed by atoms with Crippen molar-refractivity contribution < 1.29 is 0 Å². The number of para-hydroxylation sites is 2. The van der Waals surface area contributed by atoms with Gasteiger partial charge in [0.1, 0.15) is 0 Å². The molecule has 8 aromatic rings. The highest BCUT2D eigenvalue weighted by molar-refractivity contribution is 6.16. The fourth-order valence-electron chi connectivity index (χ4n) is 6.60. The highest BCUT2D eigenvalue weighted by Gasteiger charge is 2.24. The van der Waals surface area contributed by atoms with Gasteiger partial charge in [-0.25, -0.2) is 9.97 Å². The van der Waals surface area contributed by atoms with Crippen LogP contribution < -0.4 is 0 Å². The number of benzene rings is 6. The zero-order chi connectivity index (χ0) is 26.9. The predicted molar refractivity (Wildman–Crippen MR) is 169 cm³/mol. The third kappa shape index (κ3) is 3.20. The van der Waals surface area contributed by atoms with Crippen LogP contribution in [-0.4, -0.2) is 14.5 Å². The van der Waals surface area contributed by atoms with E-state index in [1.807, 2.05) is 0 Å². The molecule has 1 aliphatic carbocycles. The topological polar surface area (TPSA) is 30.7 Å². The molecule has 3 heteroatoms. The quantitative estimate of drug-likeness (QED) is 0.232. The predicted octanol–water partition coefficient (Wildman–Crippen LogP) is 9.71. The molecule has 2 aromatic heterocycles. The van der Waals surface area contributed by atoms with Crippen LogP contribution >= 0.6 is 0 Å². The van der Waals surface area contributed by atoms with Crippen molar-refractivity contribution in [2.45, 2.75) is 0 Å². The van der Waals surface area contributed by atoms with Crippen molar-refractivity contribution in [1.82, 2.24) is 14.5 Å². The maximum atomic E-state index is 5.16. The van der Waals surface area contributed by atoms with Crippen LogP contribution in [0, 0.1) is 0 Å². The smallest absolute Gasteiger partial charge is 0.160 e. The average Bonchev–Trinajstić information content (AvgIpc) is 3.56. The van der Waals surface area contributed by atoms with Crippen LogP contribution in [0.4, 0.5) is 0 Å². The molecule has 41 heavy (non-hydrogen) atoms. The van der Waals surface area contributed by atoms with Gasteiger partial charge in [0.05, 0.1) is 22.2 Å². The lowest BCUT2D eigenvalue weighted by Gasteiger charge is -2.10. The van der Waals surface area contributed by atoms with Gasteiger partial charge in [0.2, 0.25) is 0 Å². The van der Waals surface area contributed by atoms with E-state index in [-0.39, 0.29) is 0 Å². The van der Waals surface area contributed by atoms with Crippen molar-refractivity contribution in [1.29, 1.82) is 0 Å². The second-order valence-electron chi connectivity index (χ2n) is 10.6. The monoisotopic (exact) mass is 521 g/mol. The lowest BCUT2D eigenvalue weighted by Crippen LogP contribution is -1.94. The van der Waals surface area contributed by atoms with Crippen LogP contribution in [-0.2, 0) is 0 Å². The molecule has 6 aromatic carbocycles. The van der Waals surface area contributed by atoms with E-state index in [1.165, 1.54) is 44.1 Å². The van der Waals surface area contributed by atoms with Crippen molar-refractivity contribution in [2.75, 3.05) is 0 Å². The largest absolute Gasteiger partial charge is 0.309 e. The van der Waals surface area contributed by atoms with Gasteiger partial charge in [-0.15, -0.1) is 0 Å². The molecule has 0 unspecified atom stereocenters. The lowest BCUT2D eigenvalue weighted by atomic mass is 9.97. The van der Waals surface area contributed by atoms with Crippen molar-refractivity contribution in [3.05, 3.63) is 140 Å². The van der Waals surface area contributed by atoms with Gasteiger partial charge in [-0.3, -0.25) is 0 Å². The maximum Gasteiger partial charge on any atom is 0.160 e. The summed E-state index contributed by atoms with van der Waals surface area (Å²) in [5.74, 6) is 0.752. The fourth-order valence-corrected chi connectivity index (χ4v) is 6.60. The summed E-state index contributed by atoms with van der Waals surface area (Å²) in [5, 5.41) is 3.64. The SMILES string of the molecule is c1ccc(-n2c3ccccc3c3c(-c4cccc(-c5nc6c7c(cccc7n5)-c5ccccc5-6)c4)cccc32)cc1. The molecule has 0 aliphatic heterocycles. The normalized spacial score (nSPS) is 11.9. The maximum absolute atomic E-state index is 5.16. The van der Waals surface area contributed by atoms with Crippen LogP contribution in [0.25, 0.3) is 83.3 Å². The first-order valence-electron chi connectivity index (χ1n) is 13.9. The summed E-state index contributed by atoms with van der Waals surface area (Å²) in [5.41, 5.74) is 12.6. The van der Waals surface area contributed by atoms with Gasteiger partial charge in [-0.05, 0) is 58.7 Å². The standard InChI is InChI=1S/C38H23N3/c1-2-13-26(14-3-1)41-33-21-7-6-17-31(33)35-27(18-10-22-34(35)41)24-11-8-12-25(23-24)38-39-32-20-9-19-29-28-15-4-5-16-30(28)37(40-38)36(29)32/h1-23H. The Labute approximate surface area is 237 Å². The van der Waals surface area contributed by atoms with Crippen LogP contribution in [0.3, 0.4) is 0 Å². The summed E-state index contributed by atoms with van der Waals surface area (Å²) < 4.78 is 2.36. The third-order valence-electron chi connectivity index (χ3n) is 8.34. The van der Waals surface area contributed by atoms with Crippen molar-refractivity contribution in [3.63, 3.8) is 0 Å². The molecule has 0 N–H and O–H groups in total. The Hall–Kier alpha value is -5.54. The van der Waals surface area contributed by atoms with E-state index in [0.29, 0.717) is 0 Å². The summed E-state index contributed by atoms with van der Waals surface area (Å²) >= 11 is 0. The van der Waals surface area contributed by atoms with Crippen LogP contribution in [0.2, 0.25) is 0 Å². The molecule has 1 aliphatic rings. The van der Waals surface area contributed by atoms with Crippen molar-refractivity contribution in [2.24, 2.45) is 0 Å². The second kappa shape index (κ2) is 8.48. The average molecular weight is 522 g/mol. The molecular weight excluding hydrogens is 498 g/mol. The van der Waals surface area contributed by atoms with Crippen LogP contribution in [0.5, 0.6) is 0 Å². The molecule has 0 saturated heterocycles. The molecular formula is C38H23N3. The zero-order valence-corrected chi connectivity index (χ0v) is 22.1. The summed E-state index contributed by atoms with van der Waals surface area (Å²) in [6.45, 7) is 0. The van der Waals surface area contributed by atoms with E-state index in [0.717, 1.165) is 39.2 Å². The number of hydrogen-bond acceptors (Lipinski definition) is 2. The molecule has 190 valence electrons. The van der Waals surface area contributed by atoms with E-state index >= 15 is 0 Å². The molecule has 0 saturated carbocycles. The van der Waals surface area contributed by atoms with Gasteiger partial charge < -0.3 is 4.57 Å². The fraction of sp³-hybridized carbons (Fsp3) is 0. The summed E-state index contributed by atoms with van der Waals surface area (Å²) in [6, 6.07) is 49.5. The first-order chi connectivity index (χ1) is 20.3. The Morgan fingerprint density at radius 3 is 2.05 bits per heavy atom. The van der Waals surface area contributed by atoms with Gasteiger partial charge in [-0.1, -0.05) is 103 Å². The highest BCUT2D eigenvalue weighted by atomic mass is 15.0. The minimum atomic E-state index is 0.752. The van der Waals surface area contributed by atoms with Gasteiger partial charge in [0.15, 0.2) is 5.82 Å². The highest BCUT2D eigenvalue weighted by Crippen LogP contribution is 2.46. The third-order valence-corrected chi connectivity index (χ3v) is 8.34. The molecule has 9 rings (SSSR count). The number of fused-ring (bicyclic) bond motifs is 6. The molecule has 0 atom stereocenters. The van der Waals surface area contributed by atoms with Gasteiger partial charge in [-0.2, -0.15) is 0 Å². The summed E-state index contributed by atoms with van der Waals surface area (Å²) in [6.07, 6.45) is 0. The number of hydrogen-bond donors (Lipinski definition) is 0. The minimum absolute atomic E-state index is 0.752. The van der Waals surface area contributed by atoms with Crippen molar-refractivity contribution >= 4 is 32.7 Å². The molecule has 3 nitrogen and oxygen atoms in total. The Balaban J connectivity index is 1.26. The first-order valence-corrected chi connectivity index (χ1v) is 13.9. The molecule has 2 heterocycles. The molecule has 0 bridgehead atoms. The van der Waals surface area contributed by atoms with Crippen LogP contribution in [0.1, 0.15) is 0 Å². The number of aromatic nitrogens is 3. The zero-order valence-electron chi connectivity index (χ0n) is 22.1. The number of nitrogens with zero attached hydrogens (tertiary/aromatic N) is 3. The summed E-state index contributed by atoms with van der Waals surface area (Å²) in [7, 11) is 0. The lowest BCUT2D eigenvalue weighted by molar-refractivity contribution is 1.18. The Bertz CT molecular complexity index is 2310. The minimum Gasteiger partial charge on any atom is -0.309 e. The van der Waals surface area contributed by atoms with E-state index in [9.17, 15) is 0 Å². The van der Waals surface area contributed by atoms with Gasteiger partial charge >= 0.3 is 0 Å². The molecule has 0 spiro atoms. The van der Waals surface area contributed by atoms with Crippen molar-refractivity contribution in [3.8, 4) is 50.6 Å². The van der Waals surface area contributed by atoms with Gasteiger partial charge in [0.25, 0.3) is 0 Å². The Kier molecular flexibility index (Phi) is 4.61. The molecule has 0 amide bonds. The van der Waals surface area contributed by atoms with E-state index < -0.39 is 0 Å². The van der Waals surface area contributed by atoms with Crippen LogP contribution in [0.15, 0.2) is 140 Å². The first kappa shape index (κ1) is 22.3. The second-order valence-corrected chi connectivity index (χ2v) is 10.6. The Morgan fingerprint density at radius 1 is 0.439 bits per heavy atom. The summed E-state index contributed by atoms with van der Waals surface area (Å²) in [4.78, 5) is 10.2. The number of rotatable bonds is 3. The van der Waals surface area contributed by atoms with E-state index in [2.05, 4.69) is 144 Å². The van der Waals surface area contributed by atoms with E-state index in [4.69, 9.17) is 9.97 Å². The van der Waals surface area contributed by atoms with E-state index in [1.54, 1.807) is 0 Å².